The number of hydrogen-bond acceptors (Lipinski definition) is 2. The van der Waals surface area contributed by atoms with Gasteiger partial charge in [-0.25, -0.2) is 0 Å². The summed E-state index contributed by atoms with van der Waals surface area (Å²) in [6.45, 7) is 10.2. The van der Waals surface area contributed by atoms with Gasteiger partial charge in [0.25, 0.3) is 0 Å². The van der Waals surface area contributed by atoms with E-state index in [0.29, 0.717) is 17.4 Å². The highest BCUT2D eigenvalue weighted by Crippen LogP contribution is 2.58. The molecule has 2 heteroatoms. The molecule has 21 heavy (non-hydrogen) atoms. The molecular formula is C19H31NO. The Morgan fingerprint density at radius 1 is 1.24 bits per heavy atom. The maximum atomic E-state index is 5.64. The lowest BCUT2D eigenvalue weighted by Crippen LogP contribution is -2.58. The molecule has 0 aromatic heterocycles. The van der Waals surface area contributed by atoms with Crippen LogP contribution in [0.5, 0.6) is 5.75 Å². The van der Waals surface area contributed by atoms with E-state index >= 15 is 0 Å². The molecule has 0 radical (unpaired) electrons. The lowest BCUT2D eigenvalue weighted by atomic mass is 9.51. The highest BCUT2D eigenvalue weighted by atomic mass is 16.5. The van der Waals surface area contributed by atoms with Crippen molar-refractivity contribution >= 4 is 0 Å². The first-order chi connectivity index (χ1) is 10.1. The summed E-state index contributed by atoms with van der Waals surface area (Å²) in [5.41, 5.74) is 3.13. The second-order valence-electron chi connectivity index (χ2n) is 6.48. The lowest BCUT2D eigenvalue weighted by Gasteiger charge is -2.57. The van der Waals surface area contributed by atoms with Gasteiger partial charge >= 0.3 is 0 Å². The number of ether oxygens (including phenoxy) is 1. The van der Waals surface area contributed by atoms with Gasteiger partial charge in [-0.3, -0.25) is 0 Å². The van der Waals surface area contributed by atoms with E-state index in [0.717, 1.165) is 12.3 Å². The van der Waals surface area contributed by atoms with E-state index in [9.17, 15) is 0 Å². The Bertz CT molecular complexity index is 465. The topological polar surface area (TPSA) is 21.3 Å². The number of benzene rings is 1. The first kappa shape index (κ1) is 16.4. The van der Waals surface area contributed by atoms with Crippen molar-refractivity contribution in [1.29, 1.82) is 0 Å². The first-order valence-electron chi connectivity index (χ1n) is 8.50. The van der Waals surface area contributed by atoms with Crippen LogP contribution in [0.25, 0.3) is 0 Å². The van der Waals surface area contributed by atoms with E-state index in [1.54, 1.807) is 7.11 Å². The van der Waals surface area contributed by atoms with Crippen LogP contribution < -0.4 is 10.1 Å². The van der Waals surface area contributed by atoms with Gasteiger partial charge < -0.3 is 10.1 Å². The van der Waals surface area contributed by atoms with Gasteiger partial charge in [-0.2, -0.15) is 0 Å². The van der Waals surface area contributed by atoms with Crippen molar-refractivity contribution in [3.8, 4) is 5.75 Å². The third-order valence-electron chi connectivity index (χ3n) is 5.58. The van der Waals surface area contributed by atoms with E-state index in [1.807, 2.05) is 0 Å². The molecule has 1 saturated carbocycles. The Morgan fingerprint density at radius 2 is 1.95 bits per heavy atom. The number of rotatable bonds is 7. The molecule has 1 aromatic rings. The Morgan fingerprint density at radius 3 is 2.52 bits per heavy atom. The predicted molar refractivity (Wildman–Crippen MR) is 90.2 cm³/mol. The summed E-state index contributed by atoms with van der Waals surface area (Å²) < 4.78 is 5.64. The number of methoxy groups -OCH3 is 1. The third-order valence-corrected chi connectivity index (χ3v) is 5.58. The summed E-state index contributed by atoms with van der Waals surface area (Å²) in [6.07, 6.45) is 4.90. The van der Waals surface area contributed by atoms with Gasteiger partial charge in [0, 0.05) is 6.04 Å². The van der Waals surface area contributed by atoms with Gasteiger partial charge in [-0.05, 0) is 62.1 Å². The monoisotopic (exact) mass is 289 g/mol. The van der Waals surface area contributed by atoms with Crippen molar-refractivity contribution in [2.24, 2.45) is 5.41 Å². The van der Waals surface area contributed by atoms with Crippen molar-refractivity contribution in [2.75, 3.05) is 13.7 Å². The second kappa shape index (κ2) is 6.83. The van der Waals surface area contributed by atoms with E-state index < -0.39 is 0 Å². The van der Waals surface area contributed by atoms with Gasteiger partial charge in [0.1, 0.15) is 5.75 Å². The molecule has 118 valence electrons. The largest absolute Gasteiger partial charge is 0.496 e. The second-order valence-corrected chi connectivity index (χ2v) is 6.48. The average Bonchev–Trinajstić information content (AvgIpc) is 2.48. The van der Waals surface area contributed by atoms with Gasteiger partial charge in [0.2, 0.25) is 0 Å². The number of nitrogens with one attached hydrogen (secondary N) is 1. The fourth-order valence-electron chi connectivity index (χ4n) is 4.19. The highest BCUT2D eigenvalue weighted by Gasteiger charge is 2.53. The summed E-state index contributed by atoms with van der Waals surface area (Å²) >= 11 is 0. The van der Waals surface area contributed by atoms with Gasteiger partial charge in [-0.15, -0.1) is 0 Å². The van der Waals surface area contributed by atoms with Crippen molar-refractivity contribution in [3.05, 3.63) is 29.3 Å². The Balaban J connectivity index is 2.30. The van der Waals surface area contributed by atoms with E-state index in [4.69, 9.17) is 4.74 Å². The van der Waals surface area contributed by atoms with Crippen LogP contribution >= 0.6 is 0 Å². The zero-order valence-electron chi connectivity index (χ0n) is 14.3. The van der Waals surface area contributed by atoms with E-state index in [1.165, 1.54) is 36.8 Å². The van der Waals surface area contributed by atoms with Crippen LogP contribution in [0.1, 0.15) is 63.5 Å². The highest BCUT2D eigenvalue weighted by molar-refractivity contribution is 5.43. The van der Waals surface area contributed by atoms with Crippen LogP contribution in [0.15, 0.2) is 18.2 Å². The first-order valence-corrected chi connectivity index (χ1v) is 8.50. The number of aryl methyl sites for hydroxylation is 1. The zero-order chi connectivity index (χ0) is 15.5. The summed E-state index contributed by atoms with van der Waals surface area (Å²) in [5.74, 6) is 1.68. The van der Waals surface area contributed by atoms with Crippen LogP contribution in [0.4, 0.5) is 0 Å². The van der Waals surface area contributed by atoms with Crippen molar-refractivity contribution in [2.45, 2.75) is 65.3 Å². The van der Waals surface area contributed by atoms with Crippen molar-refractivity contribution in [1.82, 2.24) is 5.32 Å². The molecule has 0 bridgehead atoms. The molecule has 1 aliphatic carbocycles. The zero-order valence-corrected chi connectivity index (χ0v) is 14.3. The molecule has 0 saturated heterocycles. The fourth-order valence-corrected chi connectivity index (χ4v) is 4.19. The van der Waals surface area contributed by atoms with Crippen LogP contribution in [0.3, 0.4) is 0 Å². The molecule has 2 unspecified atom stereocenters. The van der Waals surface area contributed by atoms with Crippen molar-refractivity contribution < 1.29 is 4.74 Å². The minimum absolute atomic E-state index is 0.385. The third kappa shape index (κ3) is 2.83. The molecule has 1 aromatic carbocycles. The summed E-state index contributed by atoms with van der Waals surface area (Å²) in [6, 6.07) is 7.27. The standard InChI is InChI=1S/C19H31NO/c1-6-11-20-18-13-16(19(18,7-2)8-3)15-12-14(4)9-10-17(15)21-5/h9-10,12,16,18,20H,6-8,11,13H2,1-5H3. The molecule has 0 heterocycles. The normalized spacial score (nSPS) is 23.7. The molecule has 2 nitrogen and oxygen atoms in total. The minimum atomic E-state index is 0.385. The van der Waals surface area contributed by atoms with Crippen LogP contribution in [-0.4, -0.2) is 19.7 Å². The van der Waals surface area contributed by atoms with E-state index in [2.05, 4.69) is 51.2 Å². The summed E-state index contributed by atoms with van der Waals surface area (Å²) in [4.78, 5) is 0. The minimum Gasteiger partial charge on any atom is -0.496 e. The average molecular weight is 289 g/mol. The van der Waals surface area contributed by atoms with Gasteiger partial charge in [-0.1, -0.05) is 38.5 Å². The lowest BCUT2D eigenvalue weighted by molar-refractivity contribution is 0.0190. The Hall–Kier alpha value is -1.02. The maximum absolute atomic E-state index is 5.64. The molecule has 2 atom stereocenters. The molecule has 1 N–H and O–H groups in total. The molecule has 1 aliphatic rings. The molecule has 2 rings (SSSR count). The fraction of sp³-hybridized carbons (Fsp3) is 0.684. The quantitative estimate of drug-likeness (QED) is 0.788. The number of hydrogen-bond donors (Lipinski definition) is 1. The molecule has 0 amide bonds. The molecule has 1 fully saturated rings. The van der Waals surface area contributed by atoms with Crippen molar-refractivity contribution in [3.63, 3.8) is 0 Å². The van der Waals surface area contributed by atoms with Crippen LogP contribution in [0.2, 0.25) is 0 Å². The smallest absolute Gasteiger partial charge is 0.122 e. The Kier molecular flexibility index (Phi) is 5.32. The maximum Gasteiger partial charge on any atom is 0.122 e. The van der Waals surface area contributed by atoms with Gasteiger partial charge in [0.05, 0.1) is 7.11 Å². The molecule has 0 aliphatic heterocycles. The predicted octanol–water partition coefficient (Wildman–Crippen LogP) is 4.67. The molecular weight excluding hydrogens is 258 g/mol. The summed E-state index contributed by atoms with van der Waals surface area (Å²) in [5, 5.41) is 3.77. The van der Waals surface area contributed by atoms with Gasteiger partial charge in [0.15, 0.2) is 0 Å². The van der Waals surface area contributed by atoms with Crippen LogP contribution in [0, 0.1) is 12.3 Å². The van der Waals surface area contributed by atoms with E-state index in [-0.39, 0.29) is 0 Å². The summed E-state index contributed by atoms with van der Waals surface area (Å²) in [7, 11) is 1.79. The van der Waals surface area contributed by atoms with Crippen LogP contribution in [-0.2, 0) is 0 Å². The SMILES string of the molecule is CCCNC1CC(c2cc(C)ccc2OC)C1(CC)CC. The molecule has 0 spiro atoms. The Labute approximate surface area is 130 Å².